The zero-order valence-corrected chi connectivity index (χ0v) is 14.6. The molecule has 0 saturated carbocycles. The zero-order valence-electron chi connectivity index (χ0n) is 13.8. The number of carboxylic acid groups (broad SMARTS) is 1. The molecule has 1 atom stereocenters. The number of hydrogen-bond acceptors (Lipinski definition) is 5. The molecule has 2 aromatic carbocycles. The molecule has 25 heavy (non-hydrogen) atoms. The predicted octanol–water partition coefficient (Wildman–Crippen LogP) is 1.68. The maximum Gasteiger partial charge on any atom is 0.322 e. The molecule has 0 bridgehead atoms. The first-order chi connectivity index (χ1) is 11.9. The third kappa shape index (κ3) is 4.71. The lowest BCUT2D eigenvalue weighted by Crippen LogP contribution is -2.42. The number of carboxylic acids is 1. The van der Waals surface area contributed by atoms with E-state index in [2.05, 4.69) is 4.72 Å². The van der Waals surface area contributed by atoms with Gasteiger partial charge in [0.15, 0.2) is 11.5 Å². The van der Waals surface area contributed by atoms with Crippen LogP contribution in [0.5, 0.6) is 11.5 Å². The summed E-state index contributed by atoms with van der Waals surface area (Å²) in [5.74, 6) is -0.645. The van der Waals surface area contributed by atoms with E-state index in [0.29, 0.717) is 11.3 Å². The molecule has 0 amide bonds. The summed E-state index contributed by atoms with van der Waals surface area (Å²) in [6.07, 6.45) is 0.0304. The van der Waals surface area contributed by atoms with Crippen LogP contribution in [0.2, 0.25) is 0 Å². The molecular formula is C17H19NO6S. The van der Waals surface area contributed by atoms with E-state index < -0.39 is 22.0 Å². The van der Waals surface area contributed by atoms with Crippen molar-refractivity contribution in [2.45, 2.75) is 17.4 Å². The molecule has 2 N–H and O–H groups in total. The average molecular weight is 365 g/mol. The van der Waals surface area contributed by atoms with Crippen LogP contribution in [0.1, 0.15) is 5.56 Å². The van der Waals surface area contributed by atoms with E-state index in [1.807, 2.05) is 0 Å². The van der Waals surface area contributed by atoms with Crippen LogP contribution in [-0.2, 0) is 21.2 Å². The highest BCUT2D eigenvalue weighted by molar-refractivity contribution is 7.89. The molecule has 0 aliphatic heterocycles. The van der Waals surface area contributed by atoms with Crippen LogP contribution in [0.25, 0.3) is 0 Å². The second-order valence-corrected chi connectivity index (χ2v) is 6.93. The van der Waals surface area contributed by atoms with E-state index in [-0.39, 0.29) is 17.1 Å². The molecule has 0 aliphatic rings. The Morgan fingerprint density at radius 1 is 1.08 bits per heavy atom. The second kappa shape index (κ2) is 8.00. The Bertz CT molecular complexity index is 835. The second-order valence-electron chi connectivity index (χ2n) is 5.22. The molecule has 1 unspecified atom stereocenters. The quantitative estimate of drug-likeness (QED) is 0.738. The van der Waals surface area contributed by atoms with Crippen molar-refractivity contribution >= 4 is 16.0 Å². The highest BCUT2D eigenvalue weighted by Gasteiger charge is 2.26. The van der Waals surface area contributed by atoms with Gasteiger partial charge in [0.2, 0.25) is 10.0 Å². The first-order valence-corrected chi connectivity index (χ1v) is 8.87. The van der Waals surface area contributed by atoms with Crippen LogP contribution in [-0.4, -0.2) is 39.8 Å². The number of hydrogen-bond donors (Lipinski definition) is 2. The van der Waals surface area contributed by atoms with Crippen molar-refractivity contribution in [3.8, 4) is 11.5 Å². The smallest absolute Gasteiger partial charge is 0.322 e. The number of benzene rings is 2. The van der Waals surface area contributed by atoms with Gasteiger partial charge in [-0.3, -0.25) is 4.79 Å². The van der Waals surface area contributed by atoms with E-state index in [4.69, 9.17) is 9.47 Å². The van der Waals surface area contributed by atoms with Crippen molar-refractivity contribution in [1.29, 1.82) is 0 Å². The standard InChI is InChI=1S/C17H19NO6S/c1-23-15-9-8-13(11-16(15)24-2)25(21,22)18-14(17(19)20)10-12-6-4-3-5-7-12/h3-9,11,14,18H,10H2,1-2H3,(H,19,20). The van der Waals surface area contributed by atoms with Gasteiger partial charge in [-0.25, -0.2) is 8.42 Å². The number of nitrogens with one attached hydrogen (secondary N) is 1. The molecular weight excluding hydrogens is 346 g/mol. The van der Waals surface area contributed by atoms with Crippen molar-refractivity contribution in [3.05, 3.63) is 54.1 Å². The molecule has 0 aromatic heterocycles. The Morgan fingerprint density at radius 2 is 1.72 bits per heavy atom. The Hall–Kier alpha value is -2.58. The van der Waals surface area contributed by atoms with Crippen molar-refractivity contribution in [2.75, 3.05) is 14.2 Å². The third-order valence-electron chi connectivity index (χ3n) is 3.54. The van der Waals surface area contributed by atoms with Gasteiger partial charge in [0, 0.05) is 6.07 Å². The average Bonchev–Trinajstić information content (AvgIpc) is 2.61. The summed E-state index contributed by atoms with van der Waals surface area (Å²) in [7, 11) is -1.23. The Balaban J connectivity index is 2.27. The minimum Gasteiger partial charge on any atom is -0.493 e. The number of aliphatic carboxylic acids is 1. The highest BCUT2D eigenvalue weighted by atomic mass is 32.2. The molecule has 0 saturated heterocycles. The highest BCUT2D eigenvalue weighted by Crippen LogP contribution is 2.29. The molecule has 0 aliphatic carbocycles. The fraction of sp³-hybridized carbons (Fsp3) is 0.235. The first kappa shape index (κ1) is 18.8. The van der Waals surface area contributed by atoms with Crippen molar-refractivity contribution in [1.82, 2.24) is 4.72 Å². The normalized spacial score (nSPS) is 12.4. The van der Waals surface area contributed by atoms with Gasteiger partial charge in [-0.15, -0.1) is 0 Å². The first-order valence-electron chi connectivity index (χ1n) is 7.38. The summed E-state index contributed by atoms with van der Waals surface area (Å²) in [4.78, 5) is 11.4. The molecule has 2 aromatic rings. The third-order valence-corrected chi connectivity index (χ3v) is 5.01. The Kier molecular flexibility index (Phi) is 6.00. The predicted molar refractivity (Wildman–Crippen MR) is 91.4 cm³/mol. The molecule has 7 nitrogen and oxygen atoms in total. The molecule has 0 fully saturated rings. The maximum atomic E-state index is 12.5. The van der Waals surface area contributed by atoms with Gasteiger partial charge in [-0.05, 0) is 24.1 Å². The Labute approximate surface area is 146 Å². The summed E-state index contributed by atoms with van der Waals surface area (Å²) >= 11 is 0. The SMILES string of the molecule is COc1ccc(S(=O)(=O)NC(Cc2ccccc2)C(=O)O)cc1OC. The molecule has 2 rings (SSSR count). The number of sulfonamides is 1. The summed E-state index contributed by atoms with van der Waals surface area (Å²) in [5.41, 5.74) is 0.713. The maximum absolute atomic E-state index is 12.5. The van der Waals surface area contributed by atoms with Crippen LogP contribution in [0, 0.1) is 0 Å². The molecule has 0 heterocycles. The van der Waals surface area contributed by atoms with Crippen LogP contribution in [0.3, 0.4) is 0 Å². The summed E-state index contributed by atoms with van der Waals surface area (Å²) in [6, 6.07) is 11.6. The van der Waals surface area contributed by atoms with Crippen molar-refractivity contribution in [3.63, 3.8) is 0 Å². The van der Waals surface area contributed by atoms with Crippen LogP contribution in [0.4, 0.5) is 0 Å². The lowest BCUT2D eigenvalue weighted by atomic mass is 10.1. The summed E-state index contributed by atoms with van der Waals surface area (Å²) < 4.78 is 37.4. The van der Waals surface area contributed by atoms with Gasteiger partial charge in [0.05, 0.1) is 19.1 Å². The minimum absolute atomic E-state index is 0.0304. The molecule has 8 heteroatoms. The van der Waals surface area contributed by atoms with Crippen molar-refractivity contribution in [2.24, 2.45) is 0 Å². The summed E-state index contributed by atoms with van der Waals surface area (Å²) in [5, 5.41) is 9.36. The van der Waals surface area contributed by atoms with Gasteiger partial charge in [-0.2, -0.15) is 4.72 Å². The lowest BCUT2D eigenvalue weighted by molar-refractivity contribution is -0.138. The van der Waals surface area contributed by atoms with Crippen LogP contribution < -0.4 is 14.2 Å². The van der Waals surface area contributed by atoms with E-state index in [9.17, 15) is 18.3 Å². The van der Waals surface area contributed by atoms with Gasteiger partial charge >= 0.3 is 5.97 Å². The number of rotatable bonds is 8. The van der Waals surface area contributed by atoms with Gasteiger partial charge in [0.1, 0.15) is 6.04 Å². The zero-order chi connectivity index (χ0) is 18.4. The summed E-state index contributed by atoms with van der Waals surface area (Å²) in [6.45, 7) is 0. The fourth-order valence-electron chi connectivity index (χ4n) is 2.27. The van der Waals surface area contributed by atoms with Crippen LogP contribution >= 0.6 is 0 Å². The molecule has 0 spiro atoms. The fourth-order valence-corrected chi connectivity index (χ4v) is 3.47. The number of ether oxygens (including phenoxy) is 2. The van der Waals surface area contributed by atoms with Gasteiger partial charge in [0.25, 0.3) is 0 Å². The van der Waals surface area contributed by atoms with E-state index in [0.717, 1.165) is 0 Å². The van der Waals surface area contributed by atoms with E-state index in [1.165, 1.54) is 32.4 Å². The number of carbonyl (C=O) groups is 1. The lowest BCUT2D eigenvalue weighted by Gasteiger charge is -2.16. The Morgan fingerprint density at radius 3 is 2.28 bits per heavy atom. The number of methoxy groups -OCH3 is 2. The van der Waals surface area contributed by atoms with Gasteiger partial charge in [-0.1, -0.05) is 30.3 Å². The van der Waals surface area contributed by atoms with E-state index in [1.54, 1.807) is 30.3 Å². The molecule has 0 radical (unpaired) electrons. The van der Waals surface area contributed by atoms with Crippen LogP contribution in [0.15, 0.2) is 53.4 Å². The van der Waals surface area contributed by atoms with Gasteiger partial charge < -0.3 is 14.6 Å². The largest absolute Gasteiger partial charge is 0.493 e. The van der Waals surface area contributed by atoms with E-state index >= 15 is 0 Å². The minimum atomic E-state index is -4.05. The topological polar surface area (TPSA) is 102 Å². The monoisotopic (exact) mass is 365 g/mol. The molecule has 134 valence electrons. The van der Waals surface area contributed by atoms with Crippen molar-refractivity contribution < 1.29 is 27.8 Å².